The highest BCUT2D eigenvalue weighted by Crippen LogP contribution is 2.03. The molecule has 5 heteroatoms. The van der Waals surface area contributed by atoms with E-state index in [0.717, 1.165) is 25.6 Å². The fourth-order valence-electron chi connectivity index (χ4n) is 1.45. The zero-order chi connectivity index (χ0) is 12.7. The smallest absolute Gasteiger partial charge is 0.202 e. The maximum absolute atomic E-state index is 5.06. The van der Waals surface area contributed by atoms with Crippen LogP contribution in [0, 0.1) is 0 Å². The van der Waals surface area contributed by atoms with Crippen molar-refractivity contribution in [3.63, 3.8) is 0 Å². The number of likely N-dealkylation sites (N-methyl/N-ethyl adjacent to an activating group) is 1. The van der Waals surface area contributed by atoms with E-state index in [1.165, 1.54) is 0 Å². The van der Waals surface area contributed by atoms with Gasteiger partial charge in [-0.3, -0.25) is 0 Å². The van der Waals surface area contributed by atoms with Crippen LogP contribution >= 0.6 is 0 Å². The molecule has 17 heavy (non-hydrogen) atoms. The van der Waals surface area contributed by atoms with Crippen LogP contribution in [0.3, 0.4) is 0 Å². The molecule has 0 radical (unpaired) electrons. The van der Waals surface area contributed by atoms with Crippen LogP contribution in [0.15, 0.2) is 12.4 Å². The molecule has 0 unspecified atom stereocenters. The van der Waals surface area contributed by atoms with E-state index in [2.05, 4.69) is 40.7 Å². The molecule has 1 heterocycles. The summed E-state index contributed by atoms with van der Waals surface area (Å²) >= 11 is 0. The van der Waals surface area contributed by atoms with E-state index in [1.807, 2.05) is 12.4 Å². The molecule has 1 aromatic heterocycles. The Labute approximate surface area is 104 Å². The number of hydrogen-bond donors (Lipinski definition) is 1. The van der Waals surface area contributed by atoms with Gasteiger partial charge in [0.1, 0.15) is 0 Å². The van der Waals surface area contributed by atoms with Gasteiger partial charge in [-0.15, -0.1) is 0 Å². The summed E-state index contributed by atoms with van der Waals surface area (Å²) < 4.78 is 7.13. The Kier molecular flexibility index (Phi) is 6.00. The molecule has 0 saturated carbocycles. The van der Waals surface area contributed by atoms with Crippen LogP contribution in [0.5, 0.6) is 0 Å². The van der Waals surface area contributed by atoms with E-state index >= 15 is 0 Å². The third kappa shape index (κ3) is 4.75. The van der Waals surface area contributed by atoms with Crippen LogP contribution in [0.4, 0.5) is 5.95 Å². The molecule has 0 amide bonds. The lowest BCUT2D eigenvalue weighted by Crippen LogP contribution is -2.31. The van der Waals surface area contributed by atoms with Crippen LogP contribution < -0.4 is 5.32 Å². The monoisotopic (exact) mass is 240 g/mol. The second-order valence-corrected chi connectivity index (χ2v) is 4.44. The lowest BCUT2D eigenvalue weighted by atomic mass is 10.3. The predicted molar refractivity (Wildman–Crippen MR) is 70.4 cm³/mol. The first-order chi connectivity index (χ1) is 8.15. The molecule has 1 N–H and O–H groups in total. The number of anilines is 1. The summed E-state index contributed by atoms with van der Waals surface area (Å²) in [5.41, 5.74) is 0. The first kappa shape index (κ1) is 14.0. The van der Waals surface area contributed by atoms with E-state index < -0.39 is 0 Å². The molecule has 0 aliphatic heterocycles. The zero-order valence-corrected chi connectivity index (χ0v) is 11.3. The minimum Gasteiger partial charge on any atom is -0.383 e. The van der Waals surface area contributed by atoms with Crippen molar-refractivity contribution in [2.45, 2.75) is 26.4 Å². The van der Waals surface area contributed by atoms with Gasteiger partial charge in [0.25, 0.3) is 0 Å². The Bertz CT molecular complexity index is 311. The van der Waals surface area contributed by atoms with E-state index in [9.17, 15) is 0 Å². The minimum atomic E-state index is 0.574. The van der Waals surface area contributed by atoms with Crippen molar-refractivity contribution in [3.8, 4) is 0 Å². The second kappa shape index (κ2) is 7.29. The molecule has 0 fully saturated rings. The van der Waals surface area contributed by atoms with Gasteiger partial charge in [0.05, 0.1) is 6.61 Å². The summed E-state index contributed by atoms with van der Waals surface area (Å²) in [5, 5.41) is 3.34. The summed E-state index contributed by atoms with van der Waals surface area (Å²) in [6.45, 7) is 7.84. The van der Waals surface area contributed by atoms with Crippen molar-refractivity contribution in [2.24, 2.45) is 0 Å². The molecular weight excluding hydrogens is 216 g/mol. The SMILES string of the molecule is COCCn1ccnc1NCCN(C)C(C)C. The number of ether oxygens (including phenoxy) is 1. The van der Waals surface area contributed by atoms with Crippen molar-refractivity contribution < 1.29 is 4.74 Å². The van der Waals surface area contributed by atoms with Gasteiger partial charge < -0.3 is 19.5 Å². The average Bonchev–Trinajstić information content (AvgIpc) is 2.73. The molecule has 0 spiro atoms. The van der Waals surface area contributed by atoms with Gasteiger partial charge in [-0.1, -0.05) is 0 Å². The Morgan fingerprint density at radius 1 is 1.53 bits per heavy atom. The fourth-order valence-corrected chi connectivity index (χ4v) is 1.45. The highest BCUT2D eigenvalue weighted by molar-refractivity contribution is 5.25. The molecule has 0 aromatic carbocycles. The number of aromatic nitrogens is 2. The minimum absolute atomic E-state index is 0.574. The molecule has 1 aromatic rings. The van der Waals surface area contributed by atoms with Gasteiger partial charge in [0.15, 0.2) is 0 Å². The molecule has 0 bridgehead atoms. The van der Waals surface area contributed by atoms with Crippen LogP contribution in [-0.2, 0) is 11.3 Å². The standard InChI is InChI=1S/C12H24N4O/c1-11(2)15(3)7-5-13-12-14-6-8-16(12)9-10-17-4/h6,8,11H,5,7,9-10H2,1-4H3,(H,13,14). The van der Waals surface area contributed by atoms with Crippen LogP contribution in [-0.4, -0.2) is 54.3 Å². The first-order valence-electron chi connectivity index (χ1n) is 6.09. The highest BCUT2D eigenvalue weighted by Gasteiger charge is 2.04. The molecule has 0 atom stereocenters. The first-order valence-corrected chi connectivity index (χ1v) is 6.09. The Morgan fingerprint density at radius 3 is 2.94 bits per heavy atom. The number of imidazole rings is 1. The molecule has 0 aliphatic carbocycles. The Hall–Kier alpha value is -1.07. The third-order valence-electron chi connectivity index (χ3n) is 2.88. The lowest BCUT2D eigenvalue weighted by molar-refractivity contribution is 0.187. The van der Waals surface area contributed by atoms with Crippen LogP contribution in [0.2, 0.25) is 0 Å². The van der Waals surface area contributed by atoms with Crippen molar-refractivity contribution >= 4 is 5.95 Å². The zero-order valence-electron chi connectivity index (χ0n) is 11.3. The highest BCUT2D eigenvalue weighted by atomic mass is 16.5. The van der Waals surface area contributed by atoms with E-state index in [-0.39, 0.29) is 0 Å². The second-order valence-electron chi connectivity index (χ2n) is 4.44. The molecule has 1 rings (SSSR count). The summed E-state index contributed by atoms with van der Waals surface area (Å²) in [5.74, 6) is 0.916. The average molecular weight is 240 g/mol. The largest absolute Gasteiger partial charge is 0.383 e. The number of rotatable bonds is 8. The van der Waals surface area contributed by atoms with Crippen LogP contribution in [0.25, 0.3) is 0 Å². The molecule has 0 aliphatic rings. The Morgan fingerprint density at radius 2 is 2.29 bits per heavy atom. The number of nitrogens with one attached hydrogen (secondary N) is 1. The van der Waals surface area contributed by atoms with Gasteiger partial charge in [-0.05, 0) is 20.9 Å². The van der Waals surface area contributed by atoms with Gasteiger partial charge in [-0.2, -0.15) is 0 Å². The van der Waals surface area contributed by atoms with Gasteiger partial charge in [0.2, 0.25) is 5.95 Å². The van der Waals surface area contributed by atoms with Gasteiger partial charge >= 0.3 is 0 Å². The lowest BCUT2D eigenvalue weighted by Gasteiger charge is -2.21. The predicted octanol–water partition coefficient (Wildman–Crippen LogP) is 1.28. The fraction of sp³-hybridized carbons (Fsp3) is 0.750. The van der Waals surface area contributed by atoms with E-state index in [4.69, 9.17) is 4.74 Å². The molecular formula is C12H24N4O. The van der Waals surface area contributed by atoms with Gasteiger partial charge in [-0.25, -0.2) is 4.98 Å². The summed E-state index contributed by atoms with van der Waals surface area (Å²) in [6.07, 6.45) is 3.78. The van der Waals surface area contributed by atoms with Crippen molar-refractivity contribution in [2.75, 3.05) is 39.2 Å². The van der Waals surface area contributed by atoms with Gasteiger partial charge in [0, 0.05) is 45.2 Å². The maximum atomic E-state index is 5.06. The molecule has 5 nitrogen and oxygen atoms in total. The maximum Gasteiger partial charge on any atom is 0.202 e. The molecule has 0 saturated heterocycles. The number of hydrogen-bond acceptors (Lipinski definition) is 4. The number of nitrogens with zero attached hydrogens (tertiary/aromatic N) is 3. The molecule has 98 valence electrons. The van der Waals surface area contributed by atoms with Crippen molar-refractivity contribution in [1.29, 1.82) is 0 Å². The van der Waals surface area contributed by atoms with E-state index in [1.54, 1.807) is 7.11 Å². The topological polar surface area (TPSA) is 42.3 Å². The van der Waals surface area contributed by atoms with Crippen molar-refractivity contribution in [1.82, 2.24) is 14.5 Å². The van der Waals surface area contributed by atoms with Crippen molar-refractivity contribution in [3.05, 3.63) is 12.4 Å². The summed E-state index contributed by atoms with van der Waals surface area (Å²) in [7, 11) is 3.84. The quantitative estimate of drug-likeness (QED) is 0.743. The number of methoxy groups -OCH3 is 1. The summed E-state index contributed by atoms with van der Waals surface area (Å²) in [6, 6.07) is 0.574. The Balaban J connectivity index is 2.33. The third-order valence-corrected chi connectivity index (χ3v) is 2.88. The van der Waals surface area contributed by atoms with E-state index in [0.29, 0.717) is 12.6 Å². The summed E-state index contributed by atoms with van der Waals surface area (Å²) in [4.78, 5) is 6.59. The van der Waals surface area contributed by atoms with Crippen LogP contribution in [0.1, 0.15) is 13.8 Å². The normalized spacial score (nSPS) is 11.4.